The molecule has 0 spiro atoms. The van der Waals surface area contributed by atoms with Gasteiger partial charge in [-0.25, -0.2) is 19.6 Å². The zero-order valence-corrected chi connectivity index (χ0v) is 67.3. The van der Waals surface area contributed by atoms with E-state index in [0.29, 0.717) is 22.9 Å². The lowest BCUT2D eigenvalue weighted by atomic mass is 9.77. The van der Waals surface area contributed by atoms with Crippen LogP contribution in [0.25, 0.3) is 11.1 Å². The van der Waals surface area contributed by atoms with Crippen LogP contribution in [0, 0.1) is 0 Å². The molecule has 1 aliphatic carbocycles. The minimum atomic E-state index is -1.41. The quantitative estimate of drug-likeness (QED) is 0.0165. The highest BCUT2D eigenvalue weighted by atomic mass is 16.6. The van der Waals surface area contributed by atoms with E-state index in [2.05, 4.69) is 99.0 Å². The Morgan fingerprint density at radius 3 is 1.33 bits per heavy atom. The van der Waals surface area contributed by atoms with Gasteiger partial charge in [0.25, 0.3) is 5.56 Å². The number of alkyl carbamates (subject to hydrolysis) is 1. The van der Waals surface area contributed by atoms with Crippen molar-refractivity contribution in [1.29, 1.82) is 0 Å². The number of aliphatic hydroxyl groups excluding tert-OH is 1. The third-order valence-corrected chi connectivity index (χ3v) is 23.2. The molecular weight excluding hydrogens is 1530 g/mol. The van der Waals surface area contributed by atoms with Gasteiger partial charge in [0.05, 0.1) is 51.0 Å². The molecule has 22 nitrogen and oxygen atoms in total. The van der Waals surface area contributed by atoms with Crippen molar-refractivity contribution in [2.24, 2.45) is 0 Å². The minimum absolute atomic E-state index is 0.0352. The van der Waals surface area contributed by atoms with Crippen molar-refractivity contribution in [3.05, 3.63) is 440 Å². The topological polar surface area (TPSA) is 273 Å². The molecule has 22 heteroatoms. The van der Waals surface area contributed by atoms with Crippen LogP contribution in [-0.4, -0.2) is 122 Å². The fourth-order valence-corrected chi connectivity index (χ4v) is 17.3. The Hall–Kier alpha value is -14.3. The van der Waals surface area contributed by atoms with Crippen LogP contribution in [0.5, 0.6) is 11.5 Å². The summed E-state index contributed by atoms with van der Waals surface area (Å²) in [5, 5.41) is 23.5. The molecule has 1 saturated heterocycles. The zero-order valence-electron chi connectivity index (χ0n) is 67.3. The third kappa shape index (κ3) is 16.8. The van der Waals surface area contributed by atoms with Crippen LogP contribution in [0.3, 0.4) is 0 Å². The Morgan fingerprint density at radius 2 is 0.885 bits per heavy atom. The number of nitrogens with zero attached hydrogens (tertiary/aromatic N) is 5. The lowest BCUT2D eigenvalue weighted by Gasteiger charge is -2.37. The highest BCUT2D eigenvalue weighted by Gasteiger charge is 2.45. The van der Waals surface area contributed by atoms with E-state index < -0.39 is 82.3 Å². The van der Waals surface area contributed by atoms with Crippen molar-refractivity contribution in [2.45, 2.75) is 85.2 Å². The number of carbonyl (C=O) groups is 4. The summed E-state index contributed by atoms with van der Waals surface area (Å²) in [7, 11) is 3.18. The Morgan fingerprint density at radius 1 is 0.484 bits per heavy atom. The number of hydrogen-bond donors (Lipinski definition) is 6. The molecule has 3 aromatic heterocycles. The van der Waals surface area contributed by atoms with Gasteiger partial charge in [-0.1, -0.05) is 285 Å². The van der Waals surface area contributed by atoms with E-state index >= 15 is 9.59 Å². The van der Waals surface area contributed by atoms with Gasteiger partial charge in [-0.15, -0.1) is 0 Å². The van der Waals surface area contributed by atoms with Crippen molar-refractivity contribution in [3.63, 3.8) is 0 Å². The molecule has 0 radical (unpaired) electrons. The average Bonchev–Trinajstić information content (AvgIpc) is 1.31. The predicted molar refractivity (Wildman–Crippen MR) is 463 cm³/mol. The number of carbonyl (C=O) groups excluding carboxylic acids is 4. The summed E-state index contributed by atoms with van der Waals surface area (Å²) in [5.41, 5.74) is 8.21. The number of amides is 4. The maximum Gasteiger partial charge on any atom is 0.407 e. The van der Waals surface area contributed by atoms with Gasteiger partial charge in [0.1, 0.15) is 59.2 Å². The van der Waals surface area contributed by atoms with Crippen LogP contribution in [0.2, 0.25) is 0 Å². The van der Waals surface area contributed by atoms with Crippen molar-refractivity contribution < 1.29 is 48.0 Å². The Bertz CT molecular complexity index is 5750. The molecule has 2 aliphatic rings. The second-order valence-electron chi connectivity index (χ2n) is 30.4. The largest absolute Gasteiger partial charge is 0.497 e. The first-order chi connectivity index (χ1) is 59.7. The summed E-state index contributed by atoms with van der Waals surface area (Å²) < 4.78 is 36.0. The molecular formula is C100H92N10O12. The van der Waals surface area contributed by atoms with Gasteiger partial charge in [-0.2, -0.15) is 0 Å². The number of nitrogens with one attached hydrogen (secondary N) is 5. The van der Waals surface area contributed by atoms with Crippen LogP contribution in [-0.2, 0) is 64.5 Å². The fraction of sp³-hybridized carbons (Fsp3) is 0.200. The number of hydrogen-bond acceptors (Lipinski definition) is 14. The number of aliphatic hydroxyl groups is 1. The van der Waals surface area contributed by atoms with E-state index in [4.69, 9.17) is 33.7 Å². The van der Waals surface area contributed by atoms with Crippen molar-refractivity contribution in [2.75, 3.05) is 40.5 Å². The van der Waals surface area contributed by atoms with Crippen molar-refractivity contribution in [3.8, 4) is 22.6 Å². The summed E-state index contributed by atoms with van der Waals surface area (Å²) in [6.45, 7) is -0.410. The van der Waals surface area contributed by atoms with Gasteiger partial charge in [0.15, 0.2) is 0 Å². The number of methoxy groups -OCH3 is 2. The van der Waals surface area contributed by atoms with E-state index in [1.807, 2.05) is 258 Å². The lowest BCUT2D eigenvalue weighted by molar-refractivity contribution is -0.130. The summed E-state index contributed by atoms with van der Waals surface area (Å²) in [5.74, 6) is -0.888. The molecule has 1 aliphatic heterocycles. The molecule has 4 heterocycles. The van der Waals surface area contributed by atoms with E-state index in [9.17, 15) is 24.3 Å². The smallest absolute Gasteiger partial charge is 0.407 e. The summed E-state index contributed by atoms with van der Waals surface area (Å²) >= 11 is 0. The van der Waals surface area contributed by atoms with Crippen molar-refractivity contribution in [1.82, 2.24) is 49.9 Å². The van der Waals surface area contributed by atoms with Crippen LogP contribution >= 0.6 is 0 Å². The molecule has 16 rings (SSSR count). The fourth-order valence-electron chi connectivity index (χ4n) is 17.3. The molecule has 614 valence electrons. The van der Waals surface area contributed by atoms with Gasteiger partial charge in [-0.05, 0) is 103 Å². The summed E-state index contributed by atoms with van der Waals surface area (Å²) in [6.07, 6.45) is 3.88. The van der Waals surface area contributed by atoms with E-state index in [1.165, 1.54) is 10.8 Å². The second kappa shape index (κ2) is 36.9. The molecule has 1 fully saturated rings. The van der Waals surface area contributed by atoms with Gasteiger partial charge in [0.2, 0.25) is 17.7 Å². The number of benzene rings is 11. The molecule has 0 saturated carbocycles. The number of rotatable bonds is 33. The Kier molecular flexibility index (Phi) is 24.6. The minimum Gasteiger partial charge on any atom is -0.497 e. The molecule has 3 unspecified atom stereocenters. The molecule has 4 amide bonds. The first-order valence-electron chi connectivity index (χ1n) is 40.8. The van der Waals surface area contributed by atoms with Crippen molar-refractivity contribution >= 4 is 23.8 Å². The molecule has 11 aromatic carbocycles. The SMILES string of the molecule is COc1ccc(C(OC[C@@H]2O[C@H](n3cc(CCC(=O)NCCNC(=O)C(Cc4cn(C(c5ccccc5)(c5ccccc5)c5ccccc5)cn4)NC(=O)C(Cc4cn(C(c5ccccc5)(c5ccccc5)c5ccccc5)cn4)NC(=O)OCC4c5ccccc5-c5ccccc54)c(=O)[nH]c3=O)CC2O)(c2ccccc2)c2ccc(OC)cc2)cc1. The van der Waals surface area contributed by atoms with Gasteiger partial charge >= 0.3 is 11.8 Å². The van der Waals surface area contributed by atoms with Crippen LogP contribution in [0.15, 0.2) is 350 Å². The maximum absolute atomic E-state index is 15.8. The summed E-state index contributed by atoms with van der Waals surface area (Å²) in [6, 6.07) is 98.3. The Labute approximate surface area is 705 Å². The number of imidazole rings is 2. The van der Waals surface area contributed by atoms with Crippen LogP contribution in [0.1, 0.15) is 103 Å². The molecule has 122 heavy (non-hydrogen) atoms. The number of aromatic amines is 1. The van der Waals surface area contributed by atoms with E-state index in [1.54, 1.807) is 26.9 Å². The standard InChI is InChI=1S/C100H92N10O12/c1-118-80-51-47-76(48-52-80)100(75-40-22-9-23-41-75,77-49-53-81(119-2)54-50-77)121-65-90-89(111)60-92(122-90)110-61-68(93(113)107-96(110)116)46-55-91(112)101-56-57-102-94(114)87(58-78-62-108(66-103-78)98(69-28-10-3-11-29-69,70-30-12-4-13-31-70)71-32-14-5-15-33-71)105-95(115)88(106-97(117)120-64-86-84-44-26-24-42-82(84)83-43-25-27-45-85(83)86)59-79-63-109(67-104-79)99(72-34-16-6-17-35-72,73-36-18-7-19-37-73)74-38-20-8-21-39-74/h3-45,47-54,61-63,66-67,86-90,92,111H,46,55-60,64-65H2,1-2H3,(H,101,112)(H,102,114)(H,105,115)(H,106,117)(H,107,113,116)/t87?,88?,89?,90-,92-/m0/s1. The lowest BCUT2D eigenvalue weighted by Crippen LogP contribution is -2.55. The zero-order chi connectivity index (χ0) is 84.0. The first-order valence-corrected chi connectivity index (χ1v) is 40.8. The first kappa shape index (κ1) is 81.4. The molecule has 6 N–H and O–H groups in total. The van der Waals surface area contributed by atoms with E-state index in [0.717, 1.165) is 72.3 Å². The summed E-state index contributed by atoms with van der Waals surface area (Å²) in [4.78, 5) is 99.5. The molecule has 0 bridgehead atoms. The highest BCUT2D eigenvalue weighted by molar-refractivity contribution is 5.92. The molecule has 5 atom stereocenters. The normalized spacial score (nSPS) is 14.9. The Balaban J connectivity index is 0.657. The monoisotopic (exact) mass is 1620 g/mol. The van der Waals surface area contributed by atoms with Gasteiger partial charge in [-0.3, -0.25) is 28.7 Å². The van der Waals surface area contributed by atoms with Gasteiger partial charge < -0.3 is 59.2 Å². The highest BCUT2D eigenvalue weighted by Crippen LogP contribution is 2.47. The maximum atomic E-state index is 15.8. The van der Waals surface area contributed by atoms with E-state index in [-0.39, 0.29) is 69.9 Å². The van der Waals surface area contributed by atoms with Crippen LogP contribution < -0.4 is 42.0 Å². The number of aromatic nitrogens is 6. The molecule has 14 aromatic rings. The van der Waals surface area contributed by atoms with Gasteiger partial charge in [0, 0.05) is 68.8 Å². The predicted octanol–water partition coefficient (Wildman–Crippen LogP) is 13.3. The van der Waals surface area contributed by atoms with Crippen LogP contribution in [0.4, 0.5) is 4.79 Å². The number of H-pyrrole nitrogens is 1. The second-order valence-corrected chi connectivity index (χ2v) is 30.4. The number of ether oxygens (including phenoxy) is 5. The average molecular weight is 1630 g/mol. The third-order valence-electron chi connectivity index (χ3n) is 23.2. The number of fused-ring (bicyclic) bond motifs is 3. The number of aryl methyl sites for hydroxylation is 1.